The number of hydrogen-bond donors (Lipinski definition) is 1. The lowest BCUT2D eigenvalue weighted by molar-refractivity contribution is 0.242. The van der Waals surface area contributed by atoms with Crippen molar-refractivity contribution in [1.82, 2.24) is 14.1 Å². The zero-order valence-electron chi connectivity index (χ0n) is 21.7. The number of hydrogen-bond acceptors (Lipinski definition) is 8. The van der Waals surface area contributed by atoms with E-state index in [1.165, 1.54) is 16.1 Å². The SMILES string of the molecule is COc1ccc(CS(=O)(=O)N2CCN(c3cnn(-c4ccccc4)c(=O)c3OCC3(C)CC3)CC2)cc1N. The Bertz CT molecular complexity index is 1460. The Labute approximate surface area is 222 Å². The highest BCUT2D eigenvalue weighted by atomic mass is 32.2. The van der Waals surface area contributed by atoms with Gasteiger partial charge in [0.15, 0.2) is 0 Å². The molecule has 5 rings (SSSR count). The molecule has 1 aliphatic heterocycles. The number of benzene rings is 2. The molecule has 2 fully saturated rings. The average Bonchev–Trinajstić information content (AvgIpc) is 3.65. The summed E-state index contributed by atoms with van der Waals surface area (Å²) in [6.45, 7) is 3.99. The van der Waals surface area contributed by atoms with E-state index in [4.69, 9.17) is 15.2 Å². The minimum Gasteiger partial charge on any atom is -0.495 e. The first-order chi connectivity index (χ1) is 18.2. The minimum absolute atomic E-state index is 0.0855. The van der Waals surface area contributed by atoms with Crippen LogP contribution in [0.5, 0.6) is 11.5 Å². The summed E-state index contributed by atoms with van der Waals surface area (Å²) >= 11 is 0. The third kappa shape index (κ3) is 5.48. The second-order valence-electron chi connectivity index (χ2n) is 10.2. The van der Waals surface area contributed by atoms with Crippen LogP contribution in [-0.2, 0) is 15.8 Å². The fourth-order valence-corrected chi connectivity index (χ4v) is 6.03. The number of methoxy groups -OCH3 is 1. The number of nitrogen functional groups attached to an aromatic ring is 1. The van der Waals surface area contributed by atoms with Gasteiger partial charge in [-0.05, 0) is 42.7 Å². The number of aromatic nitrogens is 2. The molecule has 0 bridgehead atoms. The number of nitrogens with two attached hydrogens (primary N) is 1. The maximum atomic E-state index is 13.5. The average molecular weight is 540 g/mol. The van der Waals surface area contributed by atoms with Crippen LogP contribution in [-0.4, -0.2) is 62.4 Å². The van der Waals surface area contributed by atoms with Crippen LogP contribution in [0.4, 0.5) is 11.4 Å². The van der Waals surface area contributed by atoms with E-state index in [1.54, 1.807) is 24.4 Å². The van der Waals surface area contributed by atoms with E-state index in [1.807, 2.05) is 35.2 Å². The van der Waals surface area contributed by atoms with Crippen LogP contribution >= 0.6 is 0 Å². The molecule has 0 atom stereocenters. The van der Waals surface area contributed by atoms with Gasteiger partial charge in [0.25, 0.3) is 0 Å². The van der Waals surface area contributed by atoms with Crippen molar-refractivity contribution in [2.45, 2.75) is 25.5 Å². The van der Waals surface area contributed by atoms with E-state index in [2.05, 4.69) is 12.0 Å². The molecule has 10 nitrogen and oxygen atoms in total. The van der Waals surface area contributed by atoms with Crippen LogP contribution in [0, 0.1) is 5.41 Å². The highest BCUT2D eigenvalue weighted by molar-refractivity contribution is 7.88. The quantitative estimate of drug-likeness (QED) is 0.412. The molecule has 202 valence electrons. The molecule has 11 heteroatoms. The normalized spacial score (nSPS) is 17.3. The number of nitrogens with zero attached hydrogens (tertiary/aromatic N) is 4. The van der Waals surface area contributed by atoms with E-state index < -0.39 is 10.0 Å². The molecule has 1 saturated heterocycles. The van der Waals surface area contributed by atoms with Gasteiger partial charge in [0.05, 0.1) is 37.0 Å². The highest BCUT2D eigenvalue weighted by Gasteiger charge is 2.39. The third-order valence-corrected chi connectivity index (χ3v) is 9.05. The van der Waals surface area contributed by atoms with Crippen LogP contribution in [0.1, 0.15) is 25.3 Å². The molecule has 0 radical (unpaired) electrons. The molecule has 0 amide bonds. The van der Waals surface area contributed by atoms with E-state index in [9.17, 15) is 13.2 Å². The standard InChI is InChI=1S/C27H33N5O5S/c1-27(10-11-27)19-37-25-23(17-29-32(26(25)33)21-6-4-3-5-7-21)30-12-14-31(15-13-30)38(34,35)18-20-8-9-24(36-2)22(28)16-20/h3-9,16-17H,10-15,18-19,28H2,1-2H3. The first kappa shape index (κ1) is 26.1. The van der Waals surface area contributed by atoms with Gasteiger partial charge in [-0.2, -0.15) is 14.1 Å². The van der Waals surface area contributed by atoms with Gasteiger partial charge >= 0.3 is 5.56 Å². The third-order valence-electron chi connectivity index (χ3n) is 7.20. The first-order valence-electron chi connectivity index (χ1n) is 12.6. The van der Waals surface area contributed by atoms with Crippen LogP contribution in [0.15, 0.2) is 59.5 Å². The lowest BCUT2D eigenvalue weighted by Gasteiger charge is -2.35. The molecule has 2 aromatic carbocycles. The monoisotopic (exact) mass is 539 g/mol. The van der Waals surface area contributed by atoms with Gasteiger partial charge < -0.3 is 20.1 Å². The molecule has 0 unspecified atom stereocenters. The number of rotatable bonds is 9. The number of para-hydroxylation sites is 1. The number of sulfonamides is 1. The molecular formula is C27H33N5O5S. The van der Waals surface area contributed by atoms with Gasteiger partial charge in [-0.3, -0.25) is 4.79 Å². The molecule has 2 heterocycles. The van der Waals surface area contributed by atoms with E-state index in [0.29, 0.717) is 48.1 Å². The Morgan fingerprint density at radius 3 is 2.39 bits per heavy atom. The topological polar surface area (TPSA) is 120 Å². The van der Waals surface area contributed by atoms with Crippen LogP contribution in [0.25, 0.3) is 5.69 Å². The van der Waals surface area contributed by atoms with Crippen molar-refractivity contribution >= 4 is 21.4 Å². The van der Waals surface area contributed by atoms with Gasteiger partial charge in [0.2, 0.25) is 15.8 Å². The fourth-order valence-electron chi connectivity index (χ4n) is 4.53. The summed E-state index contributed by atoms with van der Waals surface area (Å²) in [4.78, 5) is 15.5. The molecular weight excluding hydrogens is 506 g/mol. The largest absolute Gasteiger partial charge is 0.495 e. The molecule has 0 spiro atoms. The van der Waals surface area contributed by atoms with Crippen molar-refractivity contribution in [1.29, 1.82) is 0 Å². The summed E-state index contributed by atoms with van der Waals surface area (Å²) in [6, 6.07) is 14.2. The number of ether oxygens (including phenoxy) is 2. The minimum atomic E-state index is -3.56. The van der Waals surface area contributed by atoms with E-state index >= 15 is 0 Å². The van der Waals surface area contributed by atoms with Crippen molar-refractivity contribution in [3.05, 3.63) is 70.6 Å². The Kier molecular flexibility index (Phi) is 7.06. The number of piperazine rings is 1. The predicted octanol–water partition coefficient (Wildman–Crippen LogP) is 2.65. The van der Waals surface area contributed by atoms with E-state index in [0.717, 1.165) is 12.8 Å². The fraction of sp³-hybridized carbons (Fsp3) is 0.407. The van der Waals surface area contributed by atoms with Crippen LogP contribution < -0.4 is 25.7 Å². The molecule has 38 heavy (non-hydrogen) atoms. The molecule has 2 aliphatic rings. The smallest absolute Gasteiger partial charge is 0.316 e. The van der Waals surface area contributed by atoms with Crippen molar-refractivity contribution < 1.29 is 17.9 Å². The van der Waals surface area contributed by atoms with Crippen LogP contribution in [0.3, 0.4) is 0 Å². The summed E-state index contributed by atoms with van der Waals surface area (Å²) in [7, 11) is -2.05. The molecule has 1 aliphatic carbocycles. The molecule has 1 saturated carbocycles. The Morgan fingerprint density at radius 1 is 1.05 bits per heavy atom. The molecule has 1 aromatic heterocycles. The maximum absolute atomic E-state index is 13.5. The Balaban J connectivity index is 1.34. The van der Waals surface area contributed by atoms with Gasteiger partial charge in [0.1, 0.15) is 11.4 Å². The Hall–Kier alpha value is -3.57. The maximum Gasteiger partial charge on any atom is 0.316 e. The predicted molar refractivity (Wildman–Crippen MR) is 146 cm³/mol. The van der Waals surface area contributed by atoms with Gasteiger partial charge in [-0.1, -0.05) is 31.2 Å². The summed E-state index contributed by atoms with van der Waals surface area (Å²) in [5.41, 5.74) is 7.96. The molecule has 2 N–H and O–H groups in total. The summed E-state index contributed by atoms with van der Waals surface area (Å²) in [5.74, 6) is 0.612. The zero-order valence-corrected chi connectivity index (χ0v) is 22.5. The first-order valence-corrected chi connectivity index (χ1v) is 14.3. The van der Waals surface area contributed by atoms with Gasteiger partial charge in [-0.15, -0.1) is 0 Å². The van der Waals surface area contributed by atoms with Gasteiger partial charge in [-0.25, -0.2) is 8.42 Å². The van der Waals surface area contributed by atoms with Crippen molar-refractivity contribution in [3.8, 4) is 17.2 Å². The lowest BCUT2D eigenvalue weighted by atomic mass is 10.2. The van der Waals surface area contributed by atoms with E-state index in [-0.39, 0.29) is 35.6 Å². The second-order valence-corrected chi connectivity index (χ2v) is 12.2. The summed E-state index contributed by atoms with van der Waals surface area (Å²) < 4.78 is 40.4. The highest BCUT2D eigenvalue weighted by Crippen LogP contribution is 2.45. The zero-order chi connectivity index (χ0) is 26.9. The van der Waals surface area contributed by atoms with Gasteiger partial charge in [0, 0.05) is 31.6 Å². The Morgan fingerprint density at radius 2 is 1.76 bits per heavy atom. The lowest BCUT2D eigenvalue weighted by Crippen LogP contribution is -2.49. The molecule has 3 aromatic rings. The summed E-state index contributed by atoms with van der Waals surface area (Å²) in [6.07, 6.45) is 3.77. The van der Waals surface area contributed by atoms with Crippen molar-refractivity contribution in [2.75, 3.05) is 50.5 Å². The van der Waals surface area contributed by atoms with Crippen LogP contribution in [0.2, 0.25) is 0 Å². The second kappa shape index (κ2) is 10.3. The number of anilines is 2. The van der Waals surface area contributed by atoms with Crippen molar-refractivity contribution in [3.63, 3.8) is 0 Å². The van der Waals surface area contributed by atoms with Crippen molar-refractivity contribution in [2.24, 2.45) is 5.41 Å². The summed E-state index contributed by atoms with van der Waals surface area (Å²) in [5, 5.41) is 4.42.